The number of nitrogens with zero attached hydrogens (tertiary/aromatic N) is 2. The molecule has 96 valence electrons. The molecule has 2 aromatic rings. The molecule has 1 N–H and O–H groups in total. The molecule has 1 aromatic heterocycles. The van der Waals surface area contributed by atoms with Crippen molar-refractivity contribution in [2.24, 2.45) is 0 Å². The van der Waals surface area contributed by atoms with Crippen molar-refractivity contribution in [2.45, 2.75) is 32.6 Å². The minimum Gasteiger partial charge on any atom is -0.369 e. The van der Waals surface area contributed by atoms with Gasteiger partial charge in [-0.15, -0.1) is 0 Å². The fourth-order valence-corrected chi connectivity index (χ4v) is 2.12. The third kappa shape index (κ3) is 3.33. The van der Waals surface area contributed by atoms with Crippen LogP contribution in [0, 0.1) is 0 Å². The molecule has 0 saturated carbocycles. The predicted molar refractivity (Wildman–Crippen MR) is 77.2 cm³/mol. The van der Waals surface area contributed by atoms with Crippen LogP contribution in [0.4, 0.5) is 5.82 Å². The molecule has 0 spiro atoms. The summed E-state index contributed by atoms with van der Waals surface area (Å²) in [6.45, 7) is 3.14. The summed E-state index contributed by atoms with van der Waals surface area (Å²) in [5, 5.41) is 4.67. The SMILES string of the molecule is CCCCCCNc1nc(Cl)nc2ccccc12. The number of halogens is 1. The summed E-state index contributed by atoms with van der Waals surface area (Å²) in [6, 6.07) is 7.91. The molecule has 0 radical (unpaired) electrons. The van der Waals surface area contributed by atoms with Gasteiger partial charge in [0.05, 0.1) is 5.52 Å². The number of benzene rings is 1. The van der Waals surface area contributed by atoms with Crippen LogP contribution in [0.3, 0.4) is 0 Å². The molecule has 0 aliphatic carbocycles. The number of anilines is 1. The second-order valence-corrected chi connectivity index (χ2v) is 4.68. The van der Waals surface area contributed by atoms with Crippen molar-refractivity contribution in [1.82, 2.24) is 9.97 Å². The van der Waals surface area contributed by atoms with Gasteiger partial charge >= 0.3 is 0 Å². The van der Waals surface area contributed by atoms with Gasteiger partial charge in [0.25, 0.3) is 0 Å². The van der Waals surface area contributed by atoms with Gasteiger partial charge in [-0.2, -0.15) is 0 Å². The lowest BCUT2D eigenvalue weighted by atomic mass is 10.2. The Morgan fingerprint density at radius 1 is 1.11 bits per heavy atom. The van der Waals surface area contributed by atoms with E-state index in [1.165, 1.54) is 19.3 Å². The number of para-hydroxylation sites is 1. The largest absolute Gasteiger partial charge is 0.369 e. The fraction of sp³-hybridized carbons (Fsp3) is 0.429. The van der Waals surface area contributed by atoms with E-state index < -0.39 is 0 Å². The smallest absolute Gasteiger partial charge is 0.224 e. The summed E-state index contributed by atoms with van der Waals surface area (Å²) in [5.74, 6) is 0.835. The minimum absolute atomic E-state index is 0.296. The first kappa shape index (κ1) is 13.1. The van der Waals surface area contributed by atoms with Crippen LogP contribution < -0.4 is 5.32 Å². The van der Waals surface area contributed by atoms with E-state index in [1.54, 1.807) is 0 Å². The van der Waals surface area contributed by atoms with Gasteiger partial charge in [-0.1, -0.05) is 38.3 Å². The van der Waals surface area contributed by atoms with Crippen LogP contribution in [-0.4, -0.2) is 16.5 Å². The van der Waals surface area contributed by atoms with Crippen molar-refractivity contribution in [2.75, 3.05) is 11.9 Å². The Morgan fingerprint density at radius 2 is 1.94 bits per heavy atom. The number of rotatable bonds is 6. The van der Waals surface area contributed by atoms with Crippen LogP contribution in [0.5, 0.6) is 0 Å². The maximum atomic E-state index is 5.92. The first-order valence-electron chi connectivity index (χ1n) is 6.47. The molecule has 0 aliphatic rings. The highest BCUT2D eigenvalue weighted by Gasteiger charge is 2.05. The van der Waals surface area contributed by atoms with Crippen LogP contribution in [0.15, 0.2) is 24.3 Å². The quantitative estimate of drug-likeness (QED) is 0.625. The lowest BCUT2D eigenvalue weighted by Gasteiger charge is -2.08. The monoisotopic (exact) mass is 263 g/mol. The van der Waals surface area contributed by atoms with Crippen LogP contribution >= 0.6 is 11.6 Å². The van der Waals surface area contributed by atoms with E-state index in [0.717, 1.165) is 29.7 Å². The van der Waals surface area contributed by atoms with Gasteiger partial charge in [-0.25, -0.2) is 9.97 Å². The van der Waals surface area contributed by atoms with Gasteiger partial charge in [0.1, 0.15) is 5.82 Å². The van der Waals surface area contributed by atoms with Crippen molar-refractivity contribution in [3.8, 4) is 0 Å². The average Bonchev–Trinajstić information content (AvgIpc) is 2.38. The van der Waals surface area contributed by atoms with Crippen LogP contribution in [0.2, 0.25) is 5.28 Å². The number of hydrogen-bond acceptors (Lipinski definition) is 3. The van der Waals surface area contributed by atoms with Gasteiger partial charge in [0.2, 0.25) is 5.28 Å². The predicted octanol–water partition coefficient (Wildman–Crippen LogP) is 4.28. The van der Waals surface area contributed by atoms with Crippen LogP contribution in [-0.2, 0) is 0 Å². The maximum Gasteiger partial charge on any atom is 0.224 e. The number of fused-ring (bicyclic) bond motifs is 1. The van der Waals surface area contributed by atoms with Crippen molar-refractivity contribution < 1.29 is 0 Å². The molecule has 2 rings (SSSR count). The topological polar surface area (TPSA) is 37.8 Å². The molecule has 0 saturated heterocycles. The van der Waals surface area contributed by atoms with E-state index in [-0.39, 0.29) is 0 Å². The molecule has 3 nitrogen and oxygen atoms in total. The molecule has 1 aromatic carbocycles. The molecule has 18 heavy (non-hydrogen) atoms. The van der Waals surface area contributed by atoms with E-state index in [9.17, 15) is 0 Å². The van der Waals surface area contributed by atoms with E-state index in [2.05, 4.69) is 22.2 Å². The molecule has 0 atom stereocenters. The van der Waals surface area contributed by atoms with E-state index >= 15 is 0 Å². The highest BCUT2D eigenvalue weighted by atomic mass is 35.5. The van der Waals surface area contributed by atoms with Crippen molar-refractivity contribution in [3.63, 3.8) is 0 Å². The Bertz CT molecular complexity index is 513. The number of nitrogens with one attached hydrogen (secondary N) is 1. The standard InChI is InChI=1S/C14H18ClN3/c1-2-3-4-7-10-16-13-11-8-5-6-9-12(11)17-14(15)18-13/h5-6,8-9H,2-4,7,10H2,1H3,(H,16,17,18). The molecular weight excluding hydrogens is 246 g/mol. The zero-order valence-electron chi connectivity index (χ0n) is 10.6. The van der Waals surface area contributed by atoms with Crippen molar-refractivity contribution in [1.29, 1.82) is 0 Å². The number of unbranched alkanes of at least 4 members (excludes halogenated alkanes) is 3. The zero-order valence-corrected chi connectivity index (χ0v) is 11.4. The Kier molecular flexibility index (Phi) is 4.76. The Labute approximate surface area is 113 Å². The lowest BCUT2D eigenvalue weighted by molar-refractivity contribution is 0.684. The summed E-state index contributed by atoms with van der Waals surface area (Å²) < 4.78 is 0. The van der Waals surface area contributed by atoms with Gasteiger partial charge < -0.3 is 5.32 Å². The normalized spacial score (nSPS) is 10.8. The van der Waals surface area contributed by atoms with Crippen molar-refractivity contribution >= 4 is 28.3 Å². The maximum absolute atomic E-state index is 5.92. The second kappa shape index (κ2) is 6.55. The van der Waals surface area contributed by atoms with E-state index in [4.69, 9.17) is 11.6 Å². The Balaban J connectivity index is 2.07. The molecule has 4 heteroatoms. The highest BCUT2D eigenvalue weighted by molar-refractivity contribution is 6.28. The highest BCUT2D eigenvalue weighted by Crippen LogP contribution is 2.21. The molecule has 0 unspecified atom stereocenters. The zero-order chi connectivity index (χ0) is 12.8. The molecule has 1 heterocycles. The first-order chi connectivity index (χ1) is 8.81. The third-order valence-electron chi connectivity index (χ3n) is 2.90. The molecule has 0 fully saturated rings. The van der Waals surface area contributed by atoms with E-state index in [1.807, 2.05) is 24.3 Å². The molecular formula is C14H18ClN3. The van der Waals surface area contributed by atoms with Gasteiger partial charge in [-0.05, 0) is 30.2 Å². The summed E-state index contributed by atoms with van der Waals surface area (Å²) in [6.07, 6.45) is 4.94. The van der Waals surface area contributed by atoms with Gasteiger partial charge in [0.15, 0.2) is 0 Å². The van der Waals surface area contributed by atoms with Crippen LogP contribution in [0.25, 0.3) is 10.9 Å². The first-order valence-corrected chi connectivity index (χ1v) is 6.85. The van der Waals surface area contributed by atoms with Gasteiger partial charge in [0, 0.05) is 11.9 Å². The summed E-state index contributed by atoms with van der Waals surface area (Å²) >= 11 is 5.92. The summed E-state index contributed by atoms with van der Waals surface area (Å²) in [7, 11) is 0. The number of hydrogen-bond donors (Lipinski definition) is 1. The Morgan fingerprint density at radius 3 is 2.78 bits per heavy atom. The molecule has 0 amide bonds. The average molecular weight is 264 g/mol. The minimum atomic E-state index is 0.296. The van der Waals surface area contributed by atoms with Gasteiger partial charge in [-0.3, -0.25) is 0 Å². The molecule has 0 aliphatic heterocycles. The fourth-order valence-electron chi connectivity index (χ4n) is 1.94. The number of aromatic nitrogens is 2. The van der Waals surface area contributed by atoms with Crippen molar-refractivity contribution in [3.05, 3.63) is 29.5 Å². The Hall–Kier alpha value is -1.35. The second-order valence-electron chi connectivity index (χ2n) is 4.35. The summed E-state index contributed by atoms with van der Waals surface area (Å²) in [4.78, 5) is 8.47. The van der Waals surface area contributed by atoms with E-state index in [0.29, 0.717) is 5.28 Å². The van der Waals surface area contributed by atoms with Crippen LogP contribution in [0.1, 0.15) is 32.6 Å². The lowest BCUT2D eigenvalue weighted by Crippen LogP contribution is -2.04. The third-order valence-corrected chi connectivity index (χ3v) is 3.07. The molecule has 0 bridgehead atoms. The summed E-state index contributed by atoms with van der Waals surface area (Å²) in [5.41, 5.74) is 0.883.